The minimum Gasteiger partial charge on any atom is -0.497 e. The summed E-state index contributed by atoms with van der Waals surface area (Å²) in [5.41, 5.74) is 2.22. The lowest BCUT2D eigenvalue weighted by molar-refractivity contribution is -0.148. The Kier molecular flexibility index (Phi) is 14.8. The first kappa shape index (κ1) is 32.0. The van der Waals surface area contributed by atoms with Gasteiger partial charge in [-0.3, -0.25) is 0 Å². The Balaban J connectivity index is 1.73. The average molecular weight is 577 g/mol. The SMILES string of the molecule is CCOCO[C@@H](CCOCc1ccc(OC)cc1)[C@H](CC1([C@@H](C)CC=O)SCCCS1)OCc1ccccc1. The number of rotatable bonds is 19. The highest BCUT2D eigenvalue weighted by molar-refractivity contribution is 8.18. The van der Waals surface area contributed by atoms with Crippen molar-refractivity contribution >= 4 is 29.8 Å². The molecule has 3 atom stereocenters. The topological polar surface area (TPSA) is 63.2 Å². The van der Waals surface area contributed by atoms with Crippen LogP contribution in [-0.2, 0) is 37.0 Å². The van der Waals surface area contributed by atoms with Crippen LogP contribution in [0, 0.1) is 5.92 Å². The Morgan fingerprint density at radius 2 is 1.64 bits per heavy atom. The quantitative estimate of drug-likeness (QED) is 0.103. The first-order chi connectivity index (χ1) is 19.1. The second-order valence-electron chi connectivity index (χ2n) is 9.71. The van der Waals surface area contributed by atoms with Crippen LogP contribution in [0.15, 0.2) is 54.6 Å². The van der Waals surface area contributed by atoms with Gasteiger partial charge in [-0.1, -0.05) is 49.4 Å². The van der Waals surface area contributed by atoms with Gasteiger partial charge in [0.1, 0.15) is 18.8 Å². The number of carbonyl (C=O) groups excluding carboxylic acids is 1. The fourth-order valence-electron chi connectivity index (χ4n) is 4.58. The minimum atomic E-state index is -0.209. The zero-order valence-corrected chi connectivity index (χ0v) is 25.2. The van der Waals surface area contributed by atoms with E-state index in [-0.39, 0.29) is 29.0 Å². The van der Waals surface area contributed by atoms with E-state index in [9.17, 15) is 4.79 Å². The molecule has 1 aliphatic heterocycles. The van der Waals surface area contributed by atoms with E-state index in [1.165, 1.54) is 6.42 Å². The molecule has 3 rings (SSSR count). The van der Waals surface area contributed by atoms with Crippen LogP contribution in [0.3, 0.4) is 0 Å². The Hall–Kier alpha value is -1.55. The van der Waals surface area contributed by atoms with Crippen molar-refractivity contribution in [2.75, 3.05) is 38.6 Å². The Morgan fingerprint density at radius 1 is 0.923 bits per heavy atom. The van der Waals surface area contributed by atoms with Crippen LogP contribution in [0.5, 0.6) is 5.75 Å². The average Bonchev–Trinajstić information content (AvgIpc) is 2.98. The maximum Gasteiger partial charge on any atom is 0.147 e. The summed E-state index contributed by atoms with van der Waals surface area (Å²) in [4.78, 5) is 11.5. The van der Waals surface area contributed by atoms with E-state index in [4.69, 9.17) is 23.7 Å². The van der Waals surface area contributed by atoms with Gasteiger partial charge in [0.25, 0.3) is 0 Å². The van der Waals surface area contributed by atoms with E-state index < -0.39 is 0 Å². The zero-order valence-electron chi connectivity index (χ0n) is 23.5. The first-order valence-electron chi connectivity index (χ1n) is 13.9. The molecule has 0 N–H and O–H groups in total. The van der Waals surface area contributed by atoms with Crippen molar-refractivity contribution in [3.05, 3.63) is 65.7 Å². The normalized spacial score (nSPS) is 17.3. The molecule has 0 unspecified atom stereocenters. The predicted octanol–water partition coefficient (Wildman–Crippen LogP) is 6.75. The van der Waals surface area contributed by atoms with Gasteiger partial charge in [0.2, 0.25) is 0 Å². The number of thioether (sulfide) groups is 2. The third-order valence-corrected chi connectivity index (χ3v) is 10.7. The molecule has 0 radical (unpaired) electrons. The number of methoxy groups -OCH3 is 1. The highest BCUT2D eigenvalue weighted by Gasteiger charge is 2.43. The Bertz CT molecular complexity index is 920. The van der Waals surface area contributed by atoms with Crippen LogP contribution >= 0.6 is 23.5 Å². The molecule has 8 heteroatoms. The van der Waals surface area contributed by atoms with Crippen LogP contribution in [0.4, 0.5) is 0 Å². The molecule has 6 nitrogen and oxygen atoms in total. The summed E-state index contributed by atoms with van der Waals surface area (Å²) in [6, 6.07) is 18.2. The molecule has 0 aromatic heterocycles. The second kappa shape index (κ2) is 18.0. The van der Waals surface area contributed by atoms with Crippen molar-refractivity contribution in [3.63, 3.8) is 0 Å². The molecule has 0 aliphatic carbocycles. The van der Waals surface area contributed by atoms with E-state index in [1.54, 1.807) is 7.11 Å². The molecule has 1 aliphatic rings. The number of aldehydes is 1. The van der Waals surface area contributed by atoms with E-state index in [1.807, 2.05) is 72.9 Å². The van der Waals surface area contributed by atoms with Crippen molar-refractivity contribution in [3.8, 4) is 5.75 Å². The molecular weight excluding hydrogens is 532 g/mol. The molecular formula is C31H44O6S2. The fraction of sp³-hybridized carbons (Fsp3) is 0.581. The van der Waals surface area contributed by atoms with E-state index >= 15 is 0 Å². The summed E-state index contributed by atoms with van der Waals surface area (Å²) in [7, 11) is 1.67. The maximum atomic E-state index is 11.5. The van der Waals surface area contributed by atoms with Crippen molar-refractivity contribution in [1.82, 2.24) is 0 Å². The molecule has 2 aromatic carbocycles. The van der Waals surface area contributed by atoms with E-state index in [0.29, 0.717) is 39.3 Å². The number of hydrogen-bond donors (Lipinski definition) is 0. The van der Waals surface area contributed by atoms with Gasteiger partial charge in [0, 0.05) is 26.1 Å². The molecule has 2 aromatic rings. The van der Waals surface area contributed by atoms with E-state index in [2.05, 4.69) is 19.1 Å². The van der Waals surface area contributed by atoms with Crippen LogP contribution in [0.1, 0.15) is 50.7 Å². The highest BCUT2D eigenvalue weighted by Crippen LogP contribution is 2.52. The Labute approximate surface area is 242 Å². The first-order valence-corrected chi connectivity index (χ1v) is 15.8. The maximum absolute atomic E-state index is 11.5. The molecule has 39 heavy (non-hydrogen) atoms. The molecule has 0 amide bonds. The zero-order chi connectivity index (χ0) is 27.8. The molecule has 0 saturated carbocycles. The van der Waals surface area contributed by atoms with Crippen LogP contribution in [-0.4, -0.2) is 61.2 Å². The van der Waals surface area contributed by atoms with Crippen LogP contribution < -0.4 is 4.74 Å². The lowest BCUT2D eigenvalue weighted by Gasteiger charge is -2.44. The Morgan fingerprint density at radius 3 is 2.31 bits per heavy atom. The number of benzene rings is 2. The van der Waals surface area contributed by atoms with Crippen LogP contribution in [0.25, 0.3) is 0 Å². The van der Waals surface area contributed by atoms with Gasteiger partial charge >= 0.3 is 0 Å². The van der Waals surface area contributed by atoms with Gasteiger partial charge < -0.3 is 28.5 Å². The van der Waals surface area contributed by atoms with Crippen LogP contribution in [0.2, 0.25) is 0 Å². The largest absolute Gasteiger partial charge is 0.497 e. The number of carbonyl (C=O) groups is 1. The molecule has 1 fully saturated rings. The van der Waals surface area contributed by atoms with Gasteiger partial charge in [0.05, 0.1) is 36.6 Å². The van der Waals surface area contributed by atoms with Crippen molar-refractivity contribution in [1.29, 1.82) is 0 Å². The van der Waals surface area contributed by atoms with Crippen molar-refractivity contribution in [2.24, 2.45) is 5.92 Å². The third kappa shape index (κ3) is 10.7. The summed E-state index contributed by atoms with van der Waals surface area (Å²) < 4.78 is 29.8. The molecule has 0 spiro atoms. The van der Waals surface area contributed by atoms with Crippen molar-refractivity contribution < 1.29 is 28.5 Å². The van der Waals surface area contributed by atoms with E-state index in [0.717, 1.165) is 41.1 Å². The van der Waals surface area contributed by atoms with Gasteiger partial charge in [-0.2, -0.15) is 0 Å². The number of ether oxygens (including phenoxy) is 5. The highest BCUT2D eigenvalue weighted by atomic mass is 32.2. The monoisotopic (exact) mass is 576 g/mol. The van der Waals surface area contributed by atoms with Gasteiger partial charge in [0.15, 0.2) is 0 Å². The molecule has 1 heterocycles. The second-order valence-corrected chi connectivity index (χ2v) is 12.8. The summed E-state index contributed by atoms with van der Waals surface area (Å²) >= 11 is 3.96. The van der Waals surface area contributed by atoms with Gasteiger partial charge in [-0.25, -0.2) is 0 Å². The fourth-order valence-corrected chi connectivity index (χ4v) is 8.19. The lowest BCUT2D eigenvalue weighted by atomic mass is 9.95. The summed E-state index contributed by atoms with van der Waals surface area (Å²) in [6.07, 6.45) is 3.86. The third-order valence-electron chi connectivity index (χ3n) is 6.93. The van der Waals surface area contributed by atoms with Gasteiger partial charge in [-0.15, -0.1) is 23.5 Å². The standard InChI is InChI=1S/C31H44O6S2/c1-4-34-24-37-29(16-18-35-22-27-11-13-28(33-3)14-12-27)30(36-23-26-9-6-5-7-10-26)21-31(25(2)15-17-32)38-19-8-20-39-31/h5-7,9-14,17,25,29-30H,4,8,15-16,18-24H2,1-3H3/t25-,29-,30-/m0/s1. The summed E-state index contributed by atoms with van der Waals surface area (Å²) in [6.45, 7) is 6.51. The minimum absolute atomic E-state index is 0.0995. The van der Waals surface area contributed by atoms with Gasteiger partial charge in [-0.05, 0) is 60.4 Å². The molecule has 0 bridgehead atoms. The smallest absolute Gasteiger partial charge is 0.147 e. The lowest BCUT2D eigenvalue weighted by Crippen LogP contribution is -2.43. The predicted molar refractivity (Wildman–Crippen MR) is 160 cm³/mol. The summed E-state index contributed by atoms with van der Waals surface area (Å²) in [5, 5.41) is 0. The number of hydrogen-bond acceptors (Lipinski definition) is 8. The molecule has 216 valence electrons. The summed E-state index contributed by atoms with van der Waals surface area (Å²) in [5.74, 6) is 3.25. The molecule has 1 saturated heterocycles. The van der Waals surface area contributed by atoms with Crippen molar-refractivity contribution in [2.45, 2.75) is 69.0 Å².